The van der Waals surface area contributed by atoms with Crippen molar-refractivity contribution >= 4 is 17.2 Å². The fraction of sp³-hybridized carbons (Fsp3) is 0.375. The summed E-state index contributed by atoms with van der Waals surface area (Å²) in [7, 11) is 0. The third kappa shape index (κ3) is 4.37. The maximum atomic E-state index is 12.2. The molecule has 0 saturated carbocycles. The first kappa shape index (κ1) is 15.7. The molecule has 0 fully saturated rings. The lowest BCUT2D eigenvalue weighted by atomic mass is 10.1. The Labute approximate surface area is 128 Å². The van der Waals surface area contributed by atoms with Gasteiger partial charge in [0.15, 0.2) is 0 Å². The van der Waals surface area contributed by atoms with E-state index >= 15 is 0 Å². The second-order valence-corrected chi connectivity index (χ2v) is 6.32. The molecule has 0 aliphatic rings. The fourth-order valence-electron chi connectivity index (χ4n) is 1.98. The summed E-state index contributed by atoms with van der Waals surface area (Å²) in [5.41, 5.74) is 1.09. The maximum Gasteiger partial charge on any atom is 0.263 e. The second kappa shape index (κ2) is 7.33. The highest BCUT2D eigenvalue weighted by molar-refractivity contribution is 7.13. The monoisotopic (exact) mass is 304 g/mol. The predicted molar refractivity (Wildman–Crippen MR) is 84.7 cm³/mol. The van der Waals surface area contributed by atoms with Crippen LogP contribution in [0.3, 0.4) is 0 Å². The van der Waals surface area contributed by atoms with Gasteiger partial charge in [-0.15, -0.1) is 11.3 Å². The third-order valence-electron chi connectivity index (χ3n) is 3.12. The van der Waals surface area contributed by atoms with E-state index in [1.807, 2.05) is 44.2 Å². The predicted octanol–water partition coefficient (Wildman–Crippen LogP) is 2.60. The van der Waals surface area contributed by atoms with Crippen molar-refractivity contribution in [3.05, 3.63) is 52.0 Å². The van der Waals surface area contributed by atoms with Crippen molar-refractivity contribution < 1.29 is 9.90 Å². The molecule has 21 heavy (non-hydrogen) atoms. The number of hydrogen-bond acceptors (Lipinski definition) is 4. The molecule has 0 bridgehead atoms. The van der Waals surface area contributed by atoms with Crippen molar-refractivity contribution in [2.24, 2.45) is 0 Å². The lowest BCUT2D eigenvalue weighted by Crippen LogP contribution is -2.38. The molecule has 2 rings (SSSR count). The van der Waals surface area contributed by atoms with E-state index < -0.39 is 0 Å². The topological polar surface area (TPSA) is 62.2 Å². The lowest BCUT2D eigenvalue weighted by Gasteiger charge is -2.15. The van der Waals surface area contributed by atoms with Crippen LogP contribution >= 0.6 is 11.3 Å². The van der Waals surface area contributed by atoms with E-state index in [9.17, 15) is 9.90 Å². The Hall–Kier alpha value is -1.72. The molecule has 0 spiro atoms. The molecule has 1 heterocycles. The van der Waals surface area contributed by atoms with Crippen LogP contribution in [-0.2, 0) is 6.42 Å². The number of rotatable bonds is 6. The van der Waals surface area contributed by atoms with E-state index in [1.165, 1.54) is 11.3 Å². The smallest absolute Gasteiger partial charge is 0.263 e. The summed E-state index contributed by atoms with van der Waals surface area (Å²) < 4.78 is 0. The summed E-state index contributed by atoms with van der Waals surface area (Å²) in [6.07, 6.45) is 2.21. The highest BCUT2D eigenvalue weighted by Gasteiger charge is 2.16. The number of amides is 1. The van der Waals surface area contributed by atoms with Crippen LogP contribution in [0.5, 0.6) is 0 Å². The van der Waals surface area contributed by atoms with Gasteiger partial charge in [-0.3, -0.25) is 4.79 Å². The zero-order valence-corrected chi connectivity index (χ0v) is 13.1. The van der Waals surface area contributed by atoms with Crippen LogP contribution in [0.25, 0.3) is 0 Å². The van der Waals surface area contributed by atoms with Crippen molar-refractivity contribution in [2.75, 3.05) is 6.61 Å². The summed E-state index contributed by atoms with van der Waals surface area (Å²) in [6.45, 7) is 4.01. The Balaban J connectivity index is 1.99. The van der Waals surface area contributed by atoms with Gasteiger partial charge in [0.1, 0.15) is 4.88 Å². The van der Waals surface area contributed by atoms with Crippen LogP contribution < -0.4 is 5.32 Å². The Morgan fingerprint density at radius 2 is 2.05 bits per heavy atom. The molecule has 4 nitrogen and oxygen atoms in total. The van der Waals surface area contributed by atoms with Crippen LogP contribution in [0.2, 0.25) is 0 Å². The van der Waals surface area contributed by atoms with Crippen molar-refractivity contribution in [3.63, 3.8) is 0 Å². The zero-order chi connectivity index (χ0) is 15.2. The minimum atomic E-state index is -0.288. The number of nitrogens with one attached hydrogen (secondary N) is 1. The molecule has 0 aliphatic heterocycles. The summed E-state index contributed by atoms with van der Waals surface area (Å²) in [5.74, 6) is 0.142. The van der Waals surface area contributed by atoms with Gasteiger partial charge >= 0.3 is 0 Å². The summed E-state index contributed by atoms with van der Waals surface area (Å²) in [4.78, 5) is 17.0. The largest absolute Gasteiger partial charge is 0.394 e. The molecule has 0 saturated heterocycles. The standard InChI is InChI=1S/C16H20N2O2S/c1-11(2)16-17-9-14(21-16)15(20)18-13(10-19)8-12-6-4-3-5-7-12/h3-7,9,11,13,19H,8,10H2,1-2H3,(H,18,20)/t13-/m0/s1. The minimum absolute atomic E-state index is 0.0868. The molecule has 112 valence electrons. The number of thiazole rings is 1. The minimum Gasteiger partial charge on any atom is -0.394 e. The normalized spacial score (nSPS) is 12.4. The molecule has 2 aromatic rings. The first-order valence-corrected chi connectivity index (χ1v) is 7.83. The van der Waals surface area contributed by atoms with E-state index in [4.69, 9.17) is 0 Å². The first-order valence-electron chi connectivity index (χ1n) is 7.01. The van der Waals surface area contributed by atoms with E-state index in [-0.39, 0.29) is 18.6 Å². The maximum absolute atomic E-state index is 12.2. The van der Waals surface area contributed by atoms with Crippen LogP contribution in [-0.4, -0.2) is 28.6 Å². The second-order valence-electron chi connectivity index (χ2n) is 5.26. The number of hydrogen-bond donors (Lipinski definition) is 2. The highest BCUT2D eigenvalue weighted by Crippen LogP contribution is 2.21. The molecule has 1 aromatic heterocycles. The Bertz CT molecular complexity index is 581. The van der Waals surface area contributed by atoms with Gasteiger partial charge in [0.25, 0.3) is 5.91 Å². The number of carbonyl (C=O) groups excluding carboxylic acids is 1. The van der Waals surface area contributed by atoms with E-state index in [1.54, 1.807) is 6.20 Å². The van der Waals surface area contributed by atoms with Gasteiger partial charge < -0.3 is 10.4 Å². The first-order chi connectivity index (χ1) is 10.1. The Morgan fingerprint density at radius 1 is 1.33 bits per heavy atom. The number of aliphatic hydroxyl groups excluding tert-OH is 1. The van der Waals surface area contributed by atoms with Gasteiger partial charge in [-0.25, -0.2) is 4.98 Å². The zero-order valence-electron chi connectivity index (χ0n) is 12.2. The molecule has 5 heteroatoms. The lowest BCUT2D eigenvalue weighted by molar-refractivity contribution is 0.0920. The SMILES string of the molecule is CC(C)c1ncc(C(=O)N[C@H](CO)Cc2ccccc2)s1. The van der Waals surface area contributed by atoms with Gasteiger partial charge in [0.2, 0.25) is 0 Å². The van der Waals surface area contributed by atoms with E-state index in [2.05, 4.69) is 10.3 Å². The van der Waals surface area contributed by atoms with Gasteiger partial charge in [0, 0.05) is 5.92 Å². The third-order valence-corrected chi connectivity index (χ3v) is 4.42. The van der Waals surface area contributed by atoms with E-state index in [0.717, 1.165) is 10.6 Å². The fourth-order valence-corrected chi connectivity index (χ4v) is 2.80. The molecule has 1 atom stereocenters. The summed E-state index contributed by atoms with van der Waals surface area (Å²) >= 11 is 1.40. The average molecular weight is 304 g/mol. The van der Waals surface area contributed by atoms with Gasteiger partial charge in [0.05, 0.1) is 23.9 Å². The number of carbonyl (C=O) groups is 1. The Kier molecular flexibility index (Phi) is 5.47. The molecule has 1 amide bonds. The number of aliphatic hydroxyl groups is 1. The molecule has 0 aliphatic carbocycles. The van der Waals surface area contributed by atoms with Crippen LogP contribution in [0.4, 0.5) is 0 Å². The van der Waals surface area contributed by atoms with Crippen molar-refractivity contribution in [1.82, 2.24) is 10.3 Å². The van der Waals surface area contributed by atoms with Gasteiger partial charge in [-0.1, -0.05) is 44.2 Å². The van der Waals surface area contributed by atoms with E-state index in [0.29, 0.717) is 17.2 Å². The van der Waals surface area contributed by atoms with Crippen molar-refractivity contribution in [2.45, 2.75) is 32.2 Å². The molecule has 0 radical (unpaired) electrons. The van der Waals surface area contributed by atoms with Crippen LogP contribution in [0, 0.1) is 0 Å². The molecular formula is C16H20N2O2S. The van der Waals surface area contributed by atoms with Crippen molar-refractivity contribution in [1.29, 1.82) is 0 Å². The average Bonchev–Trinajstić information content (AvgIpc) is 2.97. The molecule has 1 aromatic carbocycles. The highest BCUT2D eigenvalue weighted by atomic mass is 32.1. The van der Waals surface area contributed by atoms with Gasteiger partial charge in [-0.05, 0) is 12.0 Å². The molecular weight excluding hydrogens is 284 g/mol. The molecule has 0 unspecified atom stereocenters. The quantitative estimate of drug-likeness (QED) is 0.862. The summed E-state index contributed by atoms with van der Waals surface area (Å²) in [6, 6.07) is 9.52. The van der Waals surface area contributed by atoms with Crippen molar-refractivity contribution in [3.8, 4) is 0 Å². The van der Waals surface area contributed by atoms with Gasteiger partial charge in [-0.2, -0.15) is 0 Å². The number of aromatic nitrogens is 1. The Morgan fingerprint density at radius 3 is 2.62 bits per heavy atom. The van der Waals surface area contributed by atoms with Crippen LogP contribution in [0.15, 0.2) is 36.5 Å². The number of nitrogens with zero attached hydrogens (tertiary/aromatic N) is 1. The molecule has 2 N–H and O–H groups in total. The van der Waals surface area contributed by atoms with Crippen LogP contribution in [0.1, 0.15) is 40.0 Å². The number of benzene rings is 1. The summed E-state index contributed by atoms with van der Waals surface area (Å²) in [5, 5.41) is 13.3.